The summed E-state index contributed by atoms with van der Waals surface area (Å²) >= 11 is 1.15. The third kappa shape index (κ3) is 6.72. The number of unbranched alkanes of at least 4 members (excludes halogenated alkanes) is 1. The highest BCUT2D eigenvalue weighted by Gasteiger charge is 2.29. The SMILES string of the molecule is CCCCNC(=O)NC(=O)CN1C(=O)CS/C1=C\C(=O)OCC. The van der Waals surface area contributed by atoms with Crippen LogP contribution < -0.4 is 10.6 Å². The maximum Gasteiger partial charge on any atom is 0.333 e. The number of carbonyl (C=O) groups excluding carboxylic acids is 4. The average molecular weight is 343 g/mol. The second-order valence-corrected chi connectivity index (χ2v) is 5.66. The summed E-state index contributed by atoms with van der Waals surface area (Å²) in [5, 5.41) is 5.03. The molecule has 9 heteroatoms. The van der Waals surface area contributed by atoms with Gasteiger partial charge in [0.05, 0.1) is 23.5 Å². The minimum Gasteiger partial charge on any atom is -0.463 e. The van der Waals surface area contributed by atoms with E-state index in [9.17, 15) is 19.2 Å². The molecule has 0 saturated carbocycles. The first-order chi connectivity index (χ1) is 11.0. The molecule has 0 aliphatic carbocycles. The molecular formula is C14H21N3O5S. The van der Waals surface area contributed by atoms with Gasteiger partial charge in [-0.05, 0) is 13.3 Å². The molecule has 1 heterocycles. The lowest BCUT2D eigenvalue weighted by Gasteiger charge is -2.16. The number of rotatable bonds is 7. The van der Waals surface area contributed by atoms with Crippen LogP contribution in [0.5, 0.6) is 0 Å². The fraction of sp³-hybridized carbons (Fsp3) is 0.571. The van der Waals surface area contributed by atoms with Gasteiger partial charge >= 0.3 is 12.0 Å². The summed E-state index contributed by atoms with van der Waals surface area (Å²) < 4.78 is 4.78. The standard InChI is InChI=1S/C14H21N3O5S/c1-3-5-6-15-14(21)16-10(18)8-17-11(19)9-23-12(17)7-13(20)22-4-2/h7H,3-6,8-9H2,1-2H3,(H2,15,16,18,21)/b12-7-. The molecule has 23 heavy (non-hydrogen) atoms. The molecule has 0 aromatic carbocycles. The van der Waals surface area contributed by atoms with Crippen molar-refractivity contribution in [3.05, 3.63) is 11.1 Å². The highest BCUT2D eigenvalue weighted by molar-refractivity contribution is 8.04. The van der Waals surface area contributed by atoms with Gasteiger partial charge in [-0.1, -0.05) is 25.1 Å². The third-order valence-electron chi connectivity index (χ3n) is 2.81. The molecule has 1 saturated heterocycles. The van der Waals surface area contributed by atoms with E-state index < -0.39 is 17.9 Å². The molecule has 0 bridgehead atoms. The van der Waals surface area contributed by atoms with Gasteiger partial charge < -0.3 is 10.1 Å². The fourth-order valence-electron chi connectivity index (χ4n) is 1.72. The molecule has 128 valence electrons. The third-order valence-corrected chi connectivity index (χ3v) is 3.83. The number of esters is 1. The van der Waals surface area contributed by atoms with E-state index in [0.29, 0.717) is 11.6 Å². The van der Waals surface area contributed by atoms with Gasteiger partial charge in [0.2, 0.25) is 11.8 Å². The van der Waals surface area contributed by atoms with Gasteiger partial charge in [0.25, 0.3) is 0 Å². The van der Waals surface area contributed by atoms with Crippen LogP contribution in [0.25, 0.3) is 0 Å². The summed E-state index contributed by atoms with van der Waals surface area (Å²) in [6.07, 6.45) is 2.92. The summed E-state index contributed by atoms with van der Waals surface area (Å²) in [4.78, 5) is 47.7. The summed E-state index contributed by atoms with van der Waals surface area (Å²) in [5.41, 5.74) is 0. The molecule has 1 rings (SSSR count). The second kappa shape index (κ2) is 9.88. The van der Waals surface area contributed by atoms with E-state index in [0.717, 1.165) is 29.5 Å². The minimum atomic E-state index is -0.621. The van der Waals surface area contributed by atoms with Crippen molar-refractivity contribution in [1.29, 1.82) is 0 Å². The lowest BCUT2D eigenvalue weighted by Crippen LogP contribution is -2.44. The van der Waals surface area contributed by atoms with Crippen LogP contribution in [0.4, 0.5) is 4.79 Å². The predicted octanol–water partition coefficient (Wildman–Crippen LogP) is 0.592. The van der Waals surface area contributed by atoms with E-state index in [1.165, 1.54) is 6.08 Å². The lowest BCUT2D eigenvalue weighted by molar-refractivity contribution is -0.137. The minimum absolute atomic E-state index is 0.140. The zero-order valence-electron chi connectivity index (χ0n) is 13.2. The average Bonchev–Trinajstić information content (AvgIpc) is 2.80. The fourth-order valence-corrected chi connectivity index (χ4v) is 2.65. The summed E-state index contributed by atoms with van der Waals surface area (Å²) in [6.45, 7) is 4.03. The number of ether oxygens (including phenoxy) is 1. The Morgan fingerprint density at radius 3 is 2.74 bits per heavy atom. The number of amides is 4. The molecule has 0 atom stereocenters. The normalized spacial score (nSPS) is 15.7. The van der Waals surface area contributed by atoms with Crippen LogP contribution in [0.3, 0.4) is 0 Å². The van der Waals surface area contributed by atoms with Gasteiger partial charge in [0.15, 0.2) is 0 Å². The predicted molar refractivity (Wildman–Crippen MR) is 85.3 cm³/mol. The van der Waals surface area contributed by atoms with Crippen LogP contribution in [0.1, 0.15) is 26.7 Å². The Hall–Kier alpha value is -2.03. The summed E-state index contributed by atoms with van der Waals surface area (Å²) in [7, 11) is 0. The van der Waals surface area contributed by atoms with E-state index in [1.807, 2.05) is 6.92 Å². The van der Waals surface area contributed by atoms with Crippen molar-refractivity contribution < 1.29 is 23.9 Å². The van der Waals surface area contributed by atoms with Crippen LogP contribution in [0, 0.1) is 0 Å². The highest BCUT2D eigenvalue weighted by Crippen LogP contribution is 2.28. The maximum atomic E-state index is 11.8. The molecule has 0 aromatic heterocycles. The Balaban J connectivity index is 2.55. The van der Waals surface area contributed by atoms with Crippen molar-refractivity contribution in [2.75, 3.05) is 25.4 Å². The van der Waals surface area contributed by atoms with E-state index in [4.69, 9.17) is 4.74 Å². The number of nitrogens with one attached hydrogen (secondary N) is 2. The molecule has 0 spiro atoms. The maximum absolute atomic E-state index is 11.8. The first-order valence-corrected chi connectivity index (χ1v) is 8.35. The second-order valence-electron chi connectivity index (χ2n) is 4.66. The van der Waals surface area contributed by atoms with Crippen molar-refractivity contribution in [2.24, 2.45) is 0 Å². The number of imide groups is 1. The van der Waals surface area contributed by atoms with Gasteiger partial charge in [-0.15, -0.1) is 0 Å². The Labute approximate surface area is 139 Å². The van der Waals surface area contributed by atoms with Crippen LogP contribution in [0.2, 0.25) is 0 Å². The molecule has 8 nitrogen and oxygen atoms in total. The van der Waals surface area contributed by atoms with E-state index >= 15 is 0 Å². The number of hydrogen-bond acceptors (Lipinski definition) is 6. The first kappa shape index (κ1) is 19.0. The monoisotopic (exact) mass is 343 g/mol. The number of urea groups is 1. The molecule has 1 fully saturated rings. The molecule has 1 aliphatic heterocycles. The Bertz CT molecular complexity index is 507. The molecular weight excluding hydrogens is 322 g/mol. The topological polar surface area (TPSA) is 105 Å². The molecule has 0 aromatic rings. The zero-order valence-corrected chi connectivity index (χ0v) is 14.0. The van der Waals surface area contributed by atoms with Gasteiger partial charge in [-0.25, -0.2) is 9.59 Å². The largest absolute Gasteiger partial charge is 0.463 e. The highest BCUT2D eigenvalue weighted by atomic mass is 32.2. The number of hydrogen-bond donors (Lipinski definition) is 2. The lowest BCUT2D eigenvalue weighted by atomic mass is 10.3. The molecule has 1 aliphatic rings. The molecule has 2 N–H and O–H groups in total. The quantitative estimate of drug-likeness (QED) is 0.398. The number of carbonyl (C=O) groups is 4. The Kier molecular flexibility index (Phi) is 8.17. The molecule has 4 amide bonds. The van der Waals surface area contributed by atoms with E-state index in [-0.39, 0.29) is 24.8 Å². The van der Waals surface area contributed by atoms with Crippen molar-refractivity contribution in [2.45, 2.75) is 26.7 Å². The summed E-state index contributed by atoms with van der Waals surface area (Å²) in [5.74, 6) is -1.36. The van der Waals surface area contributed by atoms with Crippen molar-refractivity contribution in [3.8, 4) is 0 Å². The van der Waals surface area contributed by atoms with Crippen LogP contribution in [-0.4, -0.2) is 54.2 Å². The van der Waals surface area contributed by atoms with Gasteiger partial charge in [0, 0.05) is 6.54 Å². The van der Waals surface area contributed by atoms with Crippen LogP contribution >= 0.6 is 11.8 Å². The van der Waals surface area contributed by atoms with Crippen molar-refractivity contribution in [3.63, 3.8) is 0 Å². The van der Waals surface area contributed by atoms with Crippen LogP contribution in [-0.2, 0) is 19.1 Å². The molecule has 0 unspecified atom stereocenters. The van der Waals surface area contributed by atoms with Gasteiger partial charge in [-0.2, -0.15) is 0 Å². The zero-order chi connectivity index (χ0) is 17.2. The van der Waals surface area contributed by atoms with Gasteiger partial charge in [0.1, 0.15) is 6.54 Å². The van der Waals surface area contributed by atoms with Gasteiger partial charge in [-0.3, -0.25) is 19.8 Å². The van der Waals surface area contributed by atoms with Crippen LogP contribution in [0.15, 0.2) is 11.1 Å². The molecule has 0 radical (unpaired) electrons. The Morgan fingerprint density at radius 2 is 2.09 bits per heavy atom. The smallest absolute Gasteiger partial charge is 0.333 e. The van der Waals surface area contributed by atoms with Crippen molar-refractivity contribution in [1.82, 2.24) is 15.5 Å². The van der Waals surface area contributed by atoms with E-state index in [1.54, 1.807) is 6.92 Å². The van der Waals surface area contributed by atoms with E-state index in [2.05, 4.69) is 10.6 Å². The number of nitrogens with zero attached hydrogens (tertiary/aromatic N) is 1. The van der Waals surface area contributed by atoms with Crippen molar-refractivity contribution >= 4 is 35.6 Å². The Morgan fingerprint density at radius 1 is 1.35 bits per heavy atom. The number of thioether (sulfide) groups is 1. The summed E-state index contributed by atoms with van der Waals surface area (Å²) in [6, 6.07) is -0.598. The first-order valence-electron chi connectivity index (χ1n) is 7.37.